The van der Waals surface area contributed by atoms with Gasteiger partial charge in [-0.3, -0.25) is 4.79 Å². The molecule has 1 N–H and O–H groups in total. The number of nitrogens with one attached hydrogen (secondary N) is 1. The van der Waals surface area contributed by atoms with Crippen molar-refractivity contribution in [2.75, 3.05) is 19.3 Å². The van der Waals surface area contributed by atoms with E-state index in [2.05, 4.69) is 4.72 Å². The van der Waals surface area contributed by atoms with E-state index >= 15 is 0 Å². The highest BCUT2D eigenvalue weighted by Gasteiger charge is 2.24. The molecule has 1 fully saturated rings. The van der Waals surface area contributed by atoms with Gasteiger partial charge >= 0.3 is 0 Å². The van der Waals surface area contributed by atoms with Crippen LogP contribution in [0.2, 0.25) is 0 Å². The summed E-state index contributed by atoms with van der Waals surface area (Å²) in [4.78, 5) is 15.8. The van der Waals surface area contributed by atoms with Gasteiger partial charge in [-0.25, -0.2) is 13.1 Å². The Labute approximate surface area is 155 Å². The number of hydrogen-bond acceptors (Lipinski definition) is 4. The van der Waals surface area contributed by atoms with Gasteiger partial charge in [0.25, 0.3) is 5.91 Å². The van der Waals surface area contributed by atoms with Gasteiger partial charge in [0.2, 0.25) is 10.0 Å². The topological polar surface area (TPSA) is 66.5 Å². The lowest BCUT2D eigenvalue weighted by Gasteiger charge is -2.22. The first-order chi connectivity index (χ1) is 11.9. The van der Waals surface area contributed by atoms with Crippen molar-refractivity contribution in [2.45, 2.75) is 61.8 Å². The molecule has 1 aliphatic heterocycles. The van der Waals surface area contributed by atoms with E-state index in [1.165, 1.54) is 17.8 Å². The average molecular weight is 385 g/mol. The summed E-state index contributed by atoms with van der Waals surface area (Å²) in [5, 5.41) is 0. The van der Waals surface area contributed by atoms with Crippen LogP contribution in [0.3, 0.4) is 0 Å². The van der Waals surface area contributed by atoms with E-state index in [4.69, 9.17) is 0 Å². The first-order valence-corrected chi connectivity index (χ1v) is 11.6. The van der Waals surface area contributed by atoms with Crippen LogP contribution in [-0.2, 0) is 10.0 Å². The third kappa shape index (κ3) is 5.21. The van der Waals surface area contributed by atoms with Crippen LogP contribution in [0.1, 0.15) is 56.3 Å². The number of nitrogens with zero attached hydrogens (tertiary/aromatic N) is 1. The van der Waals surface area contributed by atoms with Crippen LogP contribution in [0, 0.1) is 0 Å². The summed E-state index contributed by atoms with van der Waals surface area (Å²) in [5.41, 5.74) is 0.487. The molecule has 1 heterocycles. The van der Waals surface area contributed by atoms with Crippen LogP contribution in [0.15, 0.2) is 28.0 Å². The molecule has 0 bridgehead atoms. The summed E-state index contributed by atoms with van der Waals surface area (Å²) in [5.74, 6) is -0.0631. The molecule has 2 rings (SSSR count). The minimum absolute atomic E-state index is 0.0631. The second-order valence-corrected chi connectivity index (χ2v) is 9.06. The minimum atomic E-state index is -3.62. The quantitative estimate of drug-likeness (QED) is 0.762. The molecule has 1 aromatic carbocycles. The summed E-state index contributed by atoms with van der Waals surface area (Å²) < 4.78 is 27.8. The Kier molecular flexibility index (Phi) is 7.34. The molecule has 25 heavy (non-hydrogen) atoms. The lowest BCUT2D eigenvalue weighted by atomic mass is 10.2. The molecule has 5 nitrogen and oxygen atoms in total. The molecule has 140 valence electrons. The van der Waals surface area contributed by atoms with Crippen LogP contribution < -0.4 is 4.72 Å². The molecule has 0 saturated carbocycles. The van der Waals surface area contributed by atoms with Gasteiger partial charge in [-0.15, -0.1) is 11.8 Å². The zero-order valence-electron chi connectivity index (χ0n) is 15.2. The first kappa shape index (κ1) is 20.3. The predicted molar refractivity (Wildman–Crippen MR) is 103 cm³/mol. The average Bonchev–Trinajstić information content (AvgIpc) is 2.89. The van der Waals surface area contributed by atoms with Gasteiger partial charge in [-0.1, -0.05) is 19.8 Å². The van der Waals surface area contributed by atoms with E-state index in [1.807, 2.05) is 25.0 Å². The SMILES string of the molecule is CC[C@H](C)NS(=O)(=O)c1ccc(SC)c(C(=O)N2CCCCCC2)c1. The summed E-state index contributed by atoms with van der Waals surface area (Å²) in [6.45, 7) is 5.25. The second-order valence-electron chi connectivity index (χ2n) is 6.50. The van der Waals surface area contributed by atoms with E-state index in [0.29, 0.717) is 12.0 Å². The fourth-order valence-electron chi connectivity index (χ4n) is 2.88. The van der Waals surface area contributed by atoms with E-state index in [0.717, 1.165) is 43.7 Å². The van der Waals surface area contributed by atoms with Gasteiger partial charge in [0, 0.05) is 24.0 Å². The molecule has 1 saturated heterocycles. The van der Waals surface area contributed by atoms with Crippen molar-refractivity contribution < 1.29 is 13.2 Å². The molecular weight excluding hydrogens is 356 g/mol. The highest BCUT2D eigenvalue weighted by Crippen LogP contribution is 2.26. The van der Waals surface area contributed by atoms with E-state index < -0.39 is 10.0 Å². The smallest absolute Gasteiger partial charge is 0.255 e. The Bertz CT molecular complexity index is 696. The third-order valence-electron chi connectivity index (χ3n) is 4.57. The standard InChI is InChI=1S/C18H28N2O3S2/c1-4-14(2)19-25(22,23)15-9-10-17(24-3)16(13-15)18(21)20-11-7-5-6-8-12-20/h9-10,13-14,19H,4-8,11-12H2,1-3H3/t14-/m0/s1. The van der Waals surface area contributed by atoms with Gasteiger partial charge in [0.05, 0.1) is 10.5 Å². The number of sulfonamides is 1. The summed E-state index contributed by atoms with van der Waals surface area (Å²) in [6, 6.07) is 4.70. The fraction of sp³-hybridized carbons (Fsp3) is 0.611. The Morgan fingerprint density at radius 3 is 2.44 bits per heavy atom. The highest BCUT2D eigenvalue weighted by atomic mass is 32.2. The number of thioether (sulfide) groups is 1. The number of carbonyl (C=O) groups is 1. The van der Waals surface area contributed by atoms with Crippen LogP contribution in [0.25, 0.3) is 0 Å². The van der Waals surface area contributed by atoms with Crippen molar-refractivity contribution in [1.29, 1.82) is 0 Å². The van der Waals surface area contributed by atoms with Crippen molar-refractivity contribution in [2.24, 2.45) is 0 Å². The Balaban J connectivity index is 2.34. The lowest BCUT2D eigenvalue weighted by Crippen LogP contribution is -2.33. The van der Waals surface area contributed by atoms with Crippen molar-refractivity contribution >= 4 is 27.7 Å². The molecule has 0 aromatic heterocycles. The molecule has 0 spiro atoms. The number of likely N-dealkylation sites (tertiary alicyclic amines) is 1. The summed E-state index contributed by atoms with van der Waals surface area (Å²) >= 11 is 1.47. The maximum Gasteiger partial charge on any atom is 0.255 e. The van der Waals surface area contributed by atoms with Crippen LogP contribution in [0.5, 0.6) is 0 Å². The molecule has 0 unspecified atom stereocenters. The van der Waals surface area contributed by atoms with E-state index in [1.54, 1.807) is 12.1 Å². The zero-order chi connectivity index (χ0) is 18.4. The van der Waals surface area contributed by atoms with Gasteiger partial charge in [-0.2, -0.15) is 0 Å². The molecule has 7 heteroatoms. The Morgan fingerprint density at radius 1 is 1.24 bits per heavy atom. The van der Waals surface area contributed by atoms with Crippen LogP contribution in [-0.4, -0.2) is 44.6 Å². The monoisotopic (exact) mass is 384 g/mol. The maximum absolute atomic E-state index is 13.0. The number of carbonyl (C=O) groups excluding carboxylic acids is 1. The van der Waals surface area contributed by atoms with E-state index in [-0.39, 0.29) is 16.8 Å². The van der Waals surface area contributed by atoms with Gasteiger partial charge < -0.3 is 4.90 Å². The second kappa shape index (κ2) is 9.05. The van der Waals surface area contributed by atoms with Crippen molar-refractivity contribution in [3.05, 3.63) is 23.8 Å². The first-order valence-electron chi connectivity index (χ1n) is 8.88. The molecule has 1 aliphatic rings. The largest absolute Gasteiger partial charge is 0.339 e. The normalized spacial score (nSPS) is 17.2. The lowest BCUT2D eigenvalue weighted by molar-refractivity contribution is 0.0758. The molecular formula is C18H28N2O3S2. The molecule has 0 radical (unpaired) electrons. The van der Waals surface area contributed by atoms with Crippen molar-refractivity contribution in [3.63, 3.8) is 0 Å². The highest BCUT2D eigenvalue weighted by molar-refractivity contribution is 7.98. The molecule has 1 amide bonds. The maximum atomic E-state index is 13.0. The fourth-order valence-corrected chi connectivity index (χ4v) is 4.80. The number of amides is 1. The number of hydrogen-bond donors (Lipinski definition) is 1. The summed E-state index contributed by atoms with van der Waals surface area (Å²) in [6.07, 6.45) is 6.92. The molecule has 0 aliphatic carbocycles. The predicted octanol–water partition coefficient (Wildman–Crippen LogP) is 3.50. The molecule has 1 atom stereocenters. The van der Waals surface area contributed by atoms with Crippen LogP contribution >= 0.6 is 11.8 Å². The third-order valence-corrected chi connectivity index (χ3v) is 6.96. The van der Waals surface area contributed by atoms with Gasteiger partial charge in [0.1, 0.15) is 0 Å². The minimum Gasteiger partial charge on any atom is -0.339 e. The zero-order valence-corrected chi connectivity index (χ0v) is 16.9. The number of rotatable bonds is 6. The van der Waals surface area contributed by atoms with Gasteiger partial charge in [-0.05, 0) is 50.6 Å². The van der Waals surface area contributed by atoms with E-state index in [9.17, 15) is 13.2 Å². The Morgan fingerprint density at radius 2 is 1.88 bits per heavy atom. The van der Waals surface area contributed by atoms with Gasteiger partial charge in [0.15, 0.2) is 0 Å². The summed E-state index contributed by atoms with van der Waals surface area (Å²) in [7, 11) is -3.62. The van der Waals surface area contributed by atoms with Crippen LogP contribution in [0.4, 0.5) is 0 Å². The molecule has 1 aromatic rings. The number of benzene rings is 1. The van der Waals surface area contributed by atoms with Crippen molar-refractivity contribution in [3.8, 4) is 0 Å². The Hall–Kier alpha value is -1.05. The van der Waals surface area contributed by atoms with Crippen molar-refractivity contribution in [1.82, 2.24) is 9.62 Å².